The Balaban J connectivity index is 3.21. The zero-order chi connectivity index (χ0) is 11.6. The maximum atomic E-state index is 13.0. The normalized spacial score (nSPS) is 13.0. The molecule has 0 atom stereocenters. The van der Waals surface area contributed by atoms with E-state index < -0.39 is 29.0 Å². The van der Waals surface area contributed by atoms with Gasteiger partial charge in [0.15, 0.2) is 0 Å². The summed E-state index contributed by atoms with van der Waals surface area (Å²) in [6.07, 6.45) is -4.62. The first-order valence-electron chi connectivity index (χ1n) is 3.87. The van der Waals surface area contributed by atoms with Gasteiger partial charge in [-0.15, -0.1) is 0 Å². The minimum atomic E-state index is -4.62. The van der Waals surface area contributed by atoms with Crippen LogP contribution < -0.4 is 5.11 Å². The second kappa shape index (κ2) is 3.88. The van der Waals surface area contributed by atoms with Crippen molar-refractivity contribution < 1.29 is 22.7 Å². The van der Waals surface area contributed by atoms with E-state index in [4.69, 9.17) is 0 Å². The lowest BCUT2D eigenvalue weighted by Crippen LogP contribution is -2.20. The smallest absolute Gasteiger partial charge is 0.416 e. The molecule has 0 aliphatic rings. The summed E-state index contributed by atoms with van der Waals surface area (Å²) < 4.78 is 49.4. The first kappa shape index (κ1) is 11.5. The topological polar surface area (TPSA) is 35.4 Å². The Morgan fingerprint density at radius 1 is 1.33 bits per heavy atom. The highest BCUT2D eigenvalue weighted by molar-refractivity contribution is 5.90. The standard InChI is InChI=1S/C9H7F4NO/c1-14-8(15)6-3-2-5(4-7(6)10)9(11,12)13/h2-4H,1H3,(H,14,15)/p-1. The average molecular weight is 220 g/mol. The van der Waals surface area contributed by atoms with Gasteiger partial charge in [-0.2, -0.15) is 13.2 Å². The molecule has 1 aromatic rings. The first-order chi connectivity index (χ1) is 6.86. The fourth-order valence-corrected chi connectivity index (χ4v) is 0.985. The van der Waals surface area contributed by atoms with Crippen molar-refractivity contribution in [3.63, 3.8) is 0 Å². The minimum Gasteiger partial charge on any atom is -0.858 e. The number of nitrogens with zero attached hydrogens (tertiary/aromatic N) is 1. The molecule has 0 aromatic heterocycles. The average Bonchev–Trinajstić information content (AvgIpc) is 2.15. The molecule has 0 bridgehead atoms. The third kappa shape index (κ3) is 2.45. The highest BCUT2D eigenvalue weighted by Gasteiger charge is 2.31. The van der Waals surface area contributed by atoms with E-state index in [0.717, 1.165) is 13.1 Å². The van der Waals surface area contributed by atoms with Crippen LogP contribution in [-0.2, 0) is 6.18 Å². The lowest BCUT2D eigenvalue weighted by molar-refractivity contribution is -0.213. The molecule has 0 radical (unpaired) electrons. The lowest BCUT2D eigenvalue weighted by Gasteiger charge is -2.12. The predicted octanol–water partition coefficient (Wildman–Crippen LogP) is 1.58. The third-order valence-electron chi connectivity index (χ3n) is 1.73. The highest BCUT2D eigenvalue weighted by Crippen LogP contribution is 2.30. The van der Waals surface area contributed by atoms with Crippen LogP contribution in [0.1, 0.15) is 11.1 Å². The summed E-state index contributed by atoms with van der Waals surface area (Å²) in [7, 11) is 1.14. The van der Waals surface area contributed by atoms with Crippen molar-refractivity contribution in [3.8, 4) is 0 Å². The molecule has 0 spiro atoms. The molecule has 0 amide bonds. The summed E-state index contributed by atoms with van der Waals surface area (Å²) in [5, 5.41) is 10.9. The summed E-state index contributed by atoms with van der Waals surface area (Å²) in [6, 6.07) is 1.69. The van der Waals surface area contributed by atoms with Crippen molar-refractivity contribution in [3.05, 3.63) is 35.1 Å². The number of hydrogen-bond donors (Lipinski definition) is 0. The Kier molecular flexibility index (Phi) is 2.97. The van der Waals surface area contributed by atoms with E-state index in [0.29, 0.717) is 6.07 Å². The summed E-state index contributed by atoms with van der Waals surface area (Å²) in [5.74, 6) is -2.11. The van der Waals surface area contributed by atoms with Crippen molar-refractivity contribution in [1.82, 2.24) is 0 Å². The van der Waals surface area contributed by atoms with Gasteiger partial charge in [0.2, 0.25) is 0 Å². The van der Waals surface area contributed by atoms with E-state index in [1.807, 2.05) is 0 Å². The van der Waals surface area contributed by atoms with Gasteiger partial charge in [0.25, 0.3) is 0 Å². The van der Waals surface area contributed by atoms with Crippen molar-refractivity contribution in [2.24, 2.45) is 4.99 Å². The minimum absolute atomic E-state index is 0.276. The lowest BCUT2D eigenvalue weighted by atomic mass is 10.1. The van der Waals surface area contributed by atoms with Crippen LogP contribution in [0.3, 0.4) is 0 Å². The molecule has 0 saturated carbocycles. The fourth-order valence-electron chi connectivity index (χ4n) is 0.985. The maximum Gasteiger partial charge on any atom is 0.416 e. The van der Waals surface area contributed by atoms with E-state index in [9.17, 15) is 22.7 Å². The second-order valence-electron chi connectivity index (χ2n) is 2.72. The molecule has 0 fully saturated rings. The molecule has 6 heteroatoms. The Hall–Kier alpha value is -1.59. The largest absolute Gasteiger partial charge is 0.858 e. The van der Waals surface area contributed by atoms with Crippen LogP contribution in [0.4, 0.5) is 17.6 Å². The van der Waals surface area contributed by atoms with Crippen molar-refractivity contribution in [2.75, 3.05) is 7.05 Å². The fraction of sp³-hybridized carbons (Fsp3) is 0.222. The molecule has 0 unspecified atom stereocenters. The van der Waals surface area contributed by atoms with E-state index >= 15 is 0 Å². The van der Waals surface area contributed by atoms with Crippen LogP contribution in [0.5, 0.6) is 0 Å². The number of alkyl halides is 3. The molecule has 0 heterocycles. The summed E-state index contributed by atoms with van der Waals surface area (Å²) >= 11 is 0. The van der Waals surface area contributed by atoms with Crippen LogP contribution in [0.15, 0.2) is 23.2 Å². The monoisotopic (exact) mass is 220 g/mol. The van der Waals surface area contributed by atoms with Crippen LogP contribution in [0, 0.1) is 5.82 Å². The van der Waals surface area contributed by atoms with Gasteiger partial charge in [0.05, 0.1) is 5.56 Å². The number of rotatable bonds is 1. The first-order valence-corrected chi connectivity index (χ1v) is 3.87. The maximum absolute atomic E-state index is 13.0. The van der Waals surface area contributed by atoms with Crippen molar-refractivity contribution in [1.29, 1.82) is 0 Å². The summed E-state index contributed by atoms with van der Waals surface area (Å²) in [6.45, 7) is 0. The molecule has 1 aromatic carbocycles. The van der Waals surface area contributed by atoms with Gasteiger partial charge in [0, 0.05) is 12.6 Å². The van der Waals surface area contributed by atoms with Gasteiger partial charge in [-0.1, -0.05) is 6.07 Å². The third-order valence-corrected chi connectivity index (χ3v) is 1.73. The van der Waals surface area contributed by atoms with Gasteiger partial charge in [-0.25, -0.2) is 4.39 Å². The molecule has 82 valence electrons. The van der Waals surface area contributed by atoms with Crippen LogP contribution in [0.2, 0.25) is 0 Å². The molecular weight excluding hydrogens is 214 g/mol. The molecule has 0 aliphatic carbocycles. The Labute approximate surface area is 82.9 Å². The molecule has 15 heavy (non-hydrogen) atoms. The number of benzene rings is 1. The quantitative estimate of drug-likeness (QED) is 0.402. The predicted molar refractivity (Wildman–Crippen MR) is 43.9 cm³/mol. The van der Waals surface area contributed by atoms with Gasteiger partial charge in [0.1, 0.15) is 5.82 Å². The van der Waals surface area contributed by atoms with E-state index in [2.05, 4.69) is 4.99 Å². The molecular formula is C9H6F4NO-. The molecule has 0 saturated heterocycles. The Bertz CT molecular complexity index is 398. The Morgan fingerprint density at radius 3 is 2.33 bits per heavy atom. The number of aliphatic imine (C=N–C) groups is 1. The van der Waals surface area contributed by atoms with E-state index in [-0.39, 0.29) is 6.07 Å². The van der Waals surface area contributed by atoms with Crippen LogP contribution in [-0.4, -0.2) is 12.9 Å². The number of halogens is 4. The second-order valence-corrected chi connectivity index (χ2v) is 2.72. The van der Waals surface area contributed by atoms with E-state index in [1.165, 1.54) is 0 Å². The van der Waals surface area contributed by atoms with Gasteiger partial charge < -0.3 is 10.1 Å². The highest BCUT2D eigenvalue weighted by atomic mass is 19.4. The summed E-state index contributed by atoms with van der Waals surface area (Å²) in [4.78, 5) is 3.15. The zero-order valence-electron chi connectivity index (χ0n) is 7.60. The number of hydrogen-bond acceptors (Lipinski definition) is 2. The van der Waals surface area contributed by atoms with Gasteiger partial charge in [-0.05, 0) is 18.0 Å². The summed E-state index contributed by atoms with van der Waals surface area (Å²) in [5.41, 5.74) is -1.60. The van der Waals surface area contributed by atoms with Gasteiger partial charge in [-0.3, -0.25) is 0 Å². The molecule has 1 rings (SSSR count). The van der Waals surface area contributed by atoms with Crippen molar-refractivity contribution >= 4 is 5.90 Å². The van der Waals surface area contributed by atoms with E-state index in [1.54, 1.807) is 0 Å². The van der Waals surface area contributed by atoms with Gasteiger partial charge >= 0.3 is 6.18 Å². The molecule has 0 N–H and O–H groups in total. The Morgan fingerprint density at radius 2 is 1.93 bits per heavy atom. The molecule has 0 aliphatic heterocycles. The van der Waals surface area contributed by atoms with Crippen molar-refractivity contribution in [2.45, 2.75) is 6.18 Å². The van der Waals surface area contributed by atoms with Crippen LogP contribution >= 0.6 is 0 Å². The molecule has 2 nitrogen and oxygen atoms in total. The SMILES string of the molecule is CN=C([O-])c1ccc(C(F)(F)F)cc1F. The zero-order valence-corrected chi connectivity index (χ0v) is 7.60. The van der Waals surface area contributed by atoms with Crippen LogP contribution in [0.25, 0.3) is 0 Å².